The molecule has 0 saturated heterocycles. The third-order valence-corrected chi connectivity index (χ3v) is 7.38. The second kappa shape index (κ2) is 9.00. The van der Waals surface area contributed by atoms with Crippen molar-refractivity contribution in [2.75, 3.05) is 0 Å². The van der Waals surface area contributed by atoms with Gasteiger partial charge in [0.1, 0.15) is 5.01 Å². The van der Waals surface area contributed by atoms with E-state index in [1.807, 2.05) is 81.8 Å². The van der Waals surface area contributed by atoms with Crippen LogP contribution < -0.4 is 0 Å². The number of thiazole rings is 1. The fraction of sp³-hybridized carbons (Fsp3) is 0.250. The number of hydrogen-bond donors (Lipinski definition) is 1. The Morgan fingerprint density at radius 1 is 1.08 bits per heavy atom. The Kier molecular flexibility index (Phi) is 6.11. The number of halogens is 1. The van der Waals surface area contributed by atoms with Crippen LogP contribution in [0.25, 0.3) is 42.9 Å². The van der Waals surface area contributed by atoms with Crippen LogP contribution in [-0.4, -0.2) is 31.2 Å². The molecule has 8 heteroatoms. The maximum absolute atomic E-state index is 12.5. The van der Waals surface area contributed by atoms with E-state index >= 15 is 0 Å². The second-order valence-corrected chi connectivity index (χ2v) is 11.3. The van der Waals surface area contributed by atoms with Crippen molar-refractivity contribution in [3.8, 4) is 21.7 Å². The minimum Gasteiger partial charge on any atom is -0.479 e. The van der Waals surface area contributed by atoms with Gasteiger partial charge in [0, 0.05) is 28.8 Å². The molecule has 0 amide bonds. The van der Waals surface area contributed by atoms with E-state index in [0.29, 0.717) is 10.6 Å². The molecule has 6 nitrogen and oxygen atoms in total. The lowest BCUT2D eigenvalue weighted by atomic mass is 9.91. The third-order valence-electron chi connectivity index (χ3n) is 5.99. The Morgan fingerprint density at radius 2 is 1.78 bits per heavy atom. The number of aromatic nitrogens is 3. The number of benzene rings is 3. The van der Waals surface area contributed by atoms with Crippen LogP contribution in [0.15, 0.2) is 54.9 Å². The number of carboxylic acids is 1. The highest BCUT2D eigenvalue weighted by Gasteiger charge is 2.32. The summed E-state index contributed by atoms with van der Waals surface area (Å²) in [6.07, 6.45) is 0.652. The van der Waals surface area contributed by atoms with Gasteiger partial charge >= 0.3 is 5.97 Å². The van der Waals surface area contributed by atoms with E-state index in [9.17, 15) is 9.90 Å². The molecule has 0 bridgehead atoms. The summed E-state index contributed by atoms with van der Waals surface area (Å²) in [6, 6.07) is 15.5. The van der Waals surface area contributed by atoms with Crippen LogP contribution in [0.5, 0.6) is 0 Å². The van der Waals surface area contributed by atoms with Gasteiger partial charge in [-0.05, 0) is 75.2 Å². The van der Waals surface area contributed by atoms with Gasteiger partial charge in [-0.3, -0.25) is 0 Å². The number of hydrogen-bond acceptors (Lipinski definition) is 5. The average molecular weight is 520 g/mol. The van der Waals surface area contributed by atoms with Gasteiger partial charge in [-0.2, -0.15) is 0 Å². The Balaban J connectivity index is 1.79. The lowest BCUT2D eigenvalue weighted by molar-refractivity contribution is -0.160. The number of nitrogens with zero attached hydrogens (tertiary/aromatic N) is 3. The van der Waals surface area contributed by atoms with Crippen LogP contribution >= 0.6 is 22.9 Å². The summed E-state index contributed by atoms with van der Waals surface area (Å²) in [7, 11) is 1.97. The van der Waals surface area contributed by atoms with Gasteiger partial charge in [0.05, 0.1) is 33.2 Å². The number of aryl methyl sites for hydroxylation is 2. The zero-order valence-electron chi connectivity index (χ0n) is 20.7. The van der Waals surface area contributed by atoms with E-state index in [-0.39, 0.29) is 0 Å². The van der Waals surface area contributed by atoms with E-state index in [4.69, 9.17) is 21.3 Å². The zero-order valence-corrected chi connectivity index (χ0v) is 22.2. The van der Waals surface area contributed by atoms with Gasteiger partial charge in [0.15, 0.2) is 6.10 Å². The van der Waals surface area contributed by atoms with Crippen LogP contribution in [0.3, 0.4) is 0 Å². The number of aliphatic carboxylic acids is 1. The van der Waals surface area contributed by atoms with E-state index in [0.717, 1.165) is 48.5 Å². The average Bonchev–Trinajstić information content (AvgIpc) is 3.40. The Bertz CT molecular complexity index is 1610. The van der Waals surface area contributed by atoms with E-state index in [2.05, 4.69) is 11.1 Å². The molecular weight excluding hydrogens is 494 g/mol. The molecule has 0 saturated carbocycles. The van der Waals surface area contributed by atoms with Crippen molar-refractivity contribution in [3.63, 3.8) is 0 Å². The SMILES string of the molecule is Cc1cc2nc(-c3ccc4ncn(C)c4c3)sc2c(-c2ccc(Cl)cc2)c1[C@H](OC(C)(C)C)C(=O)O. The van der Waals surface area contributed by atoms with Crippen LogP contribution in [-0.2, 0) is 16.6 Å². The summed E-state index contributed by atoms with van der Waals surface area (Å²) >= 11 is 7.73. The molecule has 184 valence electrons. The summed E-state index contributed by atoms with van der Waals surface area (Å²) in [6.45, 7) is 7.49. The first-order valence-corrected chi connectivity index (χ1v) is 12.7. The minimum atomic E-state index is -1.14. The van der Waals surface area contributed by atoms with Gasteiger partial charge in [0.25, 0.3) is 0 Å². The Labute approximate surface area is 218 Å². The van der Waals surface area contributed by atoms with E-state index in [1.54, 1.807) is 17.7 Å². The molecule has 0 spiro atoms. The number of carboxylic acid groups (broad SMARTS) is 1. The van der Waals surface area contributed by atoms with Crippen molar-refractivity contribution in [2.24, 2.45) is 7.05 Å². The van der Waals surface area contributed by atoms with Crippen molar-refractivity contribution in [1.29, 1.82) is 0 Å². The number of rotatable bonds is 5. The molecule has 0 fully saturated rings. The first-order chi connectivity index (χ1) is 17.0. The number of carbonyl (C=O) groups is 1. The van der Waals surface area contributed by atoms with Gasteiger partial charge in [-0.1, -0.05) is 23.7 Å². The predicted molar refractivity (Wildman–Crippen MR) is 146 cm³/mol. The molecule has 3 aromatic carbocycles. The van der Waals surface area contributed by atoms with Crippen molar-refractivity contribution < 1.29 is 14.6 Å². The highest BCUT2D eigenvalue weighted by atomic mass is 35.5. The molecule has 5 aromatic rings. The fourth-order valence-corrected chi connectivity index (χ4v) is 5.67. The lowest BCUT2D eigenvalue weighted by Crippen LogP contribution is -2.28. The number of ether oxygens (including phenoxy) is 1. The topological polar surface area (TPSA) is 77.2 Å². The monoisotopic (exact) mass is 519 g/mol. The molecule has 0 aliphatic heterocycles. The summed E-state index contributed by atoms with van der Waals surface area (Å²) in [5.41, 5.74) is 6.19. The van der Waals surface area contributed by atoms with E-state index < -0.39 is 17.7 Å². The molecule has 5 rings (SSSR count). The largest absolute Gasteiger partial charge is 0.479 e. The molecule has 2 aromatic heterocycles. The van der Waals surface area contributed by atoms with E-state index in [1.165, 1.54) is 0 Å². The van der Waals surface area contributed by atoms with Crippen molar-refractivity contribution >= 4 is 50.2 Å². The van der Waals surface area contributed by atoms with Crippen molar-refractivity contribution in [3.05, 3.63) is 71.0 Å². The maximum atomic E-state index is 12.5. The molecule has 0 aliphatic carbocycles. The highest BCUT2D eigenvalue weighted by molar-refractivity contribution is 7.22. The molecule has 2 heterocycles. The first kappa shape index (κ1) is 24.4. The van der Waals surface area contributed by atoms with Gasteiger partial charge in [0.2, 0.25) is 0 Å². The smallest absolute Gasteiger partial charge is 0.337 e. The quantitative estimate of drug-likeness (QED) is 0.261. The zero-order chi connectivity index (χ0) is 25.8. The minimum absolute atomic E-state index is 0.611. The van der Waals surface area contributed by atoms with Crippen molar-refractivity contribution in [1.82, 2.24) is 14.5 Å². The molecule has 1 N–H and O–H groups in total. The normalized spacial score (nSPS) is 12.9. The summed E-state index contributed by atoms with van der Waals surface area (Å²) in [5.74, 6) is -1.03. The van der Waals surface area contributed by atoms with Gasteiger partial charge in [-0.25, -0.2) is 14.8 Å². The maximum Gasteiger partial charge on any atom is 0.337 e. The Morgan fingerprint density at radius 3 is 2.44 bits per heavy atom. The molecule has 0 unspecified atom stereocenters. The summed E-state index contributed by atoms with van der Waals surface area (Å²) in [5, 5.41) is 11.7. The molecular formula is C28H26ClN3O3S. The van der Waals surface area contributed by atoms with Crippen LogP contribution in [0.4, 0.5) is 0 Å². The van der Waals surface area contributed by atoms with Crippen molar-refractivity contribution in [2.45, 2.75) is 39.4 Å². The predicted octanol–water partition coefficient (Wildman–Crippen LogP) is 7.42. The molecule has 36 heavy (non-hydrogen) atoms. The Hall–Kier alpha value is -3.26. The highest BCUT2D eigenvalue weighted by Crippen LogP contribution is 2.44. The standard InChI is InChI=1S/C28H26ClN3O3S/c1-15-12-20-25(36-26(31-20)17-8-11-19-21(13-17)32(5)14-30-19)23(16-6-9-18(29)10-7-16)22(15)24(27(33)34)35-28(2,3)4/h6-14,24H,1-5H3,(H,33,34)/t24-/m0/s1. The number of imidazole rings is 1. The van der Waals surface area contributed by atoms with Gasteiger partial charge in [-0.15, -0.1) is 11.3 Å². The number of fused-ring (bicyclic) bond motifs is 2. The summed E-state index contributed by atoms with van der Waals surface area (Å²) < 4.78 is 8.98. The third kappa shape index (κ3) is 4.50. The summed E-state index contributed by atoms with van der Waals surface area (Å²) in [4.78, 5) is 21.9. The van der Waals surface area contributed by atoms with Crippen LogP contribution in [0.2, 0.25) is 5.02 Å². The van der Waals surface area contributed by atoms with Crippen LogP contribution in [0.1, 0.15) is 38.0 Å². The first-order valence-electron chi connectivity index (χ1n) is 11.5. The molecule has 0 radical (unpaired) electrons. The lowest BCUT2D eigenvalue weighted by Gasteiger charge is -2.28. The molecule has 0 aliphatic rings. The molecule has 1 atom stereocenters. The fourth-order valence-electron chi connectivity index (χ4n) is 4.42. The van der Waals surface area contributed by atoms with Crippen LogP contribution in [0, 0.1) is 6.92 Å². The van der Waals surface area contributed by atoms with Gasteiger partial charge < -0.3 is 14.4 Å². The second-order valence-electron chi connectivity index (χ2n) is 9.86.